The Morgan fingerprint density at radius 1 is 1.39 bits per heavy atom. The van der Waals surface area contributed by atoms with Crippen LogP contribution in [0.3, 0.4) is 0 Å². The number of amides is 1. The fraction of sp³-hybridized carbons (Fsp3) is 0.500. The van der Waals surface area contributed by atoms with Gasteiger partial charge in [-0.3, -0.25) is 14.3 Å². The number of H-pyrrole nitrogens is 1. The highest BCUT2D eigenvalue weighted by Gasteiger charge is 2.28. The molecule has 2 aromatic rings. The van der Waals surface area contributed by atoms with Crippen molar-refractivity contribution in [2.75, 3.05) is 6.54 Å². The molecule has 3 heterocycles. The fourth-order valence-corrected chi connectivity index (χ4v) is 3.34. The van der Waals surface area contributed by atoms with Crippen LogP contribution in [-0.4, -0.2) is 37.1 Å². The molecule has 4 rings (SSSR count). The summed E-state index contributed by atoms with van der Waals surface area (Å²) in [6, 6.07) is 0.443. The SMILES string of the molecule is Cc1c(C(=O)N2CCc3c(nc[nH]c3=O)C2)cnn1C1CCC1. The molecule has 2 aliphatic rings. The van der Waals surface area contributed by atoms with Crippen LogP contribution in [0.15, 0.2) is 17.3 Å². The lowest BCUT2D eigenvalue weighted by molar-refractivity contribution is 0.0730. The van der Waals surface area contributed by atoms with Gasteiger partial charge in [-0.15, -0.1) is 0 Å². The molecule has 0 aromatic carbocycles. The van der Waals surface area contributed by atoms with E-state index in [0.29, 0.717) is 42.4 Å². The van der Waals surface area contributed by atoms with Crippen molar-refractivity contribution in [2.45, 2.75) is 45.2 Å². The molecule has 7 nitrogen and oxygen atoms in total. The van der Waals surface area contributed by atoms with Crippen LogP contribution >= 0.6 is 0 Å². The summed E-state index contributed by atoms with van der Waals surface area (Å²) >= 11 is 0. The zero-order chi connectivity index (χ0) is 16.0. The van der Waals surface area contributed by atoms with Crippen LogP contribution in [0.2, 0.25) is 0 Å². The zero-order valence-electron chi connectivity index (χ0n) is 13.1. The van der Waals surface area contributed by atoms with E-state index in [1.54, 1.807) is 11.1 Å². The number of carbonyl (C=O) groups excluding carboxylic acids is 1. The Hall–Kier alpha value is -2.44. The number of carbonyl (C=O) groups is 1. The zero-order valence-corrected chi connectivity index (χ0v) is 13.1. The predicted molar refractivity (Wildman–Crippen MR) is 83.2 cm³/mol. The minimum absolute atomic E-state index is 0.0270. The van der Waals surface area contributed by atoms with Crippen LogP contribution in [0.5, 0.6) is 0 Å². The van der Waals surface area contributed by atoms with Gasteiger partial charge in [0, 0.05) is 17.8 Å². The van der Waals surface area contributed by atoms with Gasteiger partial charge in [0.15, 0.2) is 0 Å². The third-order valence-electron chi connectivity index (χ3n) is 4.99. The summed E-state index contributed by atoms with van der Waals surface area (Å²) in [5, 5.41) is 4.41. The standard InChI is InChI=1S/C16H19N5O2/c1-10-13(7-19-21(10)11-3-2-4-11)16(23)20-6-5-12-14(8-20)17-9-18-15(12)22/h7,9,11H,2-6,8H2,1H3,(H,17,18,22). The lowest BCUT2D eigenvalue weighted by atomic mass is 9.93. The number of aromatic nitrogens is 4. The number of nitrogens with one attached hydrogen (secondary N) is 1. The molecule has 23 heavy (non-hydrogen) atoms. The number of aromatic amines is 1. The summed E-state index contributed by atoms with van der Waals surface area (Å²) < 4.78 is 1.98. The normalized spacial score (nSPS) is 17.7. The minimum Gasteiger partial charge on any atom is -0.332 e. The van der Waals surface area contributed by atoms with E-state index in [9.17, 15) is 9.59 Å². The van der Waals surface area contributed by atoms with E-state index in [2.05, 4.69) is 15.1 Å². The molecule has 7 heteroatoms. The molecule has 1 N–H and O–H groups in total. The van der Waals surface area contributed by atoms with Crippen molar-refractivity contribution in [3.05, 3.63) is 45.4 Å². The molecule has 1 aliphatic carbocycles. The van der Waals surface area contributed by atoms with Gasteiger partial charge < -0.3 is 9.88 Å². The van der Waals surface area contributed by atoms with Crippen molar-refractivity contribution in [3.8, 4) is 0 Å². The lowest BCUT2D eigenvalue weighted by Crippen LogP contribution is -2.39. The first-order valence-electron chi connectivity index (χ1n) is 8.04. The lowest BCUT2D eigenvalue weighted by Gasteiger charge is -2.28. The molecule has 1 aliphatic heterocycles. The Balaban J connectivity index is 1.58. The van der Waals surface area contributed by atoms with Crippen LogP contribution in [0.25, 0.3) is 0 Å². The second kappa shape index (κ2) is 5.33. The Kier molecular flexibility index (Phi) is 3.28. The van der Waals surface area contributed by atoms with Crippen molar-refractivity contribution >= 4 is 5.91 Å². The van der Waals surface area contributed by atoms with Gasteiger partial charge in [-0.25, -0.2) is 4.98 Å². The van der Waals surface area contributed by atoms with E-state index >= 15 is 0 Å². The van der Waals surface area contributed by atoms with Crippen LogP contribution in [0, 0.1) is 6.92 Å². The van der Waals surface area contributed by atoms with Gasteiger partial charge >= 0.3 is 0 Å². The molecular formula is C16H19N5O2. The number of hydrogen-bond donors (Lipinski definition) is 1. The molecule has 0 unspecified atom stereocenters. The molecule has 120 valence electrons. The highest BCUT2D eigenvalue weighted by molar-refractivity contribution is 5.95. The largest absolute Gasteiger partial charge is 0.332 e. The van der Waals surface area contributed by atoms with Gasteiger partial charge in [0.25, 0.3) is 11.5 Å². The summed E-state index contributed by atoms with van der Waals surface area (Å²) in [6.45, 7) is 2.88. The van der Waals surface area contributed by atoms with Crippen molar-refractivity contribution < 1.29 is 4.79 Å². The van der Waals surface area contributed by atoms with Crippen molar-refractivity contribution in [1.82, 2.24) is 24.6 Å². The number of hydrogen-bond acceptors (Lipinski definition) is 4. The van der Waals surface area contributed by atoms with E-state index in [-0.39, 0.29) is 11.5 Å². The first kappa shape index (κ1) is 14.2. The quantitative estimate of drug-likeness (QED) is 0.903. The number of fused-ring (bicyclic) bond motifs is 1. The molecule has 0 bridgehead atoms. The first-order chi connectivity index (χ1) is 11.1. The van der Waals surface area contributed by atoms with E-state index in [4.69, 9.17) is 0 Å². The molecule has 0 saturated heterocycles. The average molecular weight is 313 g/mol. The predicted octanol–water partition coefficient (Wildman–Crippen LogP) is 1.20. The third-order valence-corrected chi connectivity index (χ3v) is 4.99. The van der Waals surface area contributed by atoms with Crippen LogP contribution in [-0.2, 0) is 13.0 Å². The van der Waals surface area contributed by atoms with Gasteiger partial charge in [-0.2, -0.15) is 5.10 Å². The molecule has 1 amide bonds. The monoisotopic (exact) mass is 313 g/mol. The van der Waals surface area contributed by atoms with Crippen molar-refractivity contribution in [3.63, 3.8) is 0 Å². The molecule has 2 aromatic heterocycles. The molecule has 1 fully saturated rings. The summed E-state index contributed by atoms with van der Waals surface area (Å²) in [5.41, 5.74) is 2.88. The van der Waals surface area contributed by atoms with Gasteiger partial charge in [0.2, 0.25) is 0 Å². The third kappa shape index (κ3) is 2.27. The highest BCUT2D eigenvalue weighted by atomic mass is 16.2. The Morgan fingerprint density at radius 2 is 2.22 bits per heavy atom. The first-order valence-corrected chi connectivity index (χ1v) is 8.04. The van der Waals surface area contributed by atoms with Crippen LogP contribution < -0.4 is 5.56 Å². The maximum Gasteiger partial charge on any atom is 0.257 e. The van der Waals surface area contributed by atoms with Crippen molar-refractivity contribution in [1.29, 1.82) is 0 Å². The smallest absolute Gasteiger partial charge is 0.257 e. The minimum atomic E-state index is -0.101. The molecule has 0 spiro atoms. The van der Waals surface area contributed by atoms with E-state index in [1.807, 2.05) is 11.6 Å². The second-order valence-corrected chi connectivity index (χ2v) is 6.31. The van der Waals surface area contributed by atoms with Gasteiger partial charge in [0.1, 0.15) is 0 Å². The van der Waals surface area contributed by atoms with E-state index in [1.165, 1.54) is 12.7 Å². The van der Waals surface area contributed by atoms with Crippen molar-refractivity contribution in [2.24, 2.45) is 0 Å². The summed E-state index contributed by atoms with van der Waals surface area (Å²) in [4.78, 5) is 33.1. The van der Waals surface area contributed by atoms with Gasteiger partial charge in [-0.1, -0.05) is 0 Å². The maximum absolute atomic E-state index is 12.8. The number of nitrogens with zero attached hydrogens (tertiary/aromatic N) is 4. The van der Waals surface area contributed by atoms with Crippen LogP contribution in [0.1, 0.15) is 52.6 Å². The summed E-state index contributed by atoms with van der Waals surface area (Å²) in [7, 11) is 0. The Morgan fingerprint density at radius 3 is 2.96 bits per heavy atom. The Bertz CT molecular complexity index is 818. The molecule has 0 radical (unpaired) electrons. The Labute approximate surface area is 133 Å². The maximum atomic E-state index is 12.8. The summed E-state index contributed by atoms with van der Waals surface area (Å²) in [6.07, 6.45) is 7.13. The highest BCUT2D eigenvalue weighted by Crippen LogP contribution is 2.32. The second-order valence-electron chi connectivity index (χ2n) is 6.31. The van der Waals surface area contributed by atoms with Crippen LogP contribution in [0.4, 0.5) is 0 Å². The van der Waals surface area contributed by atoms with Gasteiger partial charge in [-0.05, 0) is 32.6 Å². The topological polar surface area (TPSA) is 83.9 Å². The average Bonchev–Trinajstić information content (AvgIpc) is 2.87. The molecule has 0 atom stereocenters. The molecule has 1 saturated carbocycles. The van der Waals surface area contributed by atoms with Gasteiger partial charge in [0.05, 0.1) is 36.4 Å². The van der Waals surface area contributed by atoms with E-state index in [0.717, 1.165) is 18.5 Å². The summed E-state index contributed by atoms with van der Waals surface area (Å²) in [5.74, 6) is -0.0270. The van der Waals surface area contributed by atoms with E-state index < -0.39 is 0 Å². The number of rotatable bonds is 2. The fourth-order valence-electron chi connectivity index (χ4n) is 3.34. The molecular weight excluding hydrogens is 294 g/mol.